The van der Waals surface area contributed by atoms with Gasteiger partial charge < -0.3 is 9.15 Å². The van der Waals surface area contributed by atoms with E-state index in [1.54, 1.807) is 24.7 Å². The van der Waals surface area contributed by atoms with Crippen LogP contribution in [-0.4, -0.2) is 33.4 Å². The van der Waals surface area contributed by atoms with Crippen LogP contribution in [0.3, 0.4) is 0 Å². The van der Waals surface area contributed by atoms with Gasteiger partial charge in [0.1, 0.15) is 11.5 Å². The minimum atomic E-state index is 0.0974. The molecule has 30 heavy (non-hydrogen) atoms. The average Bonchev–Trinajstić information content (AvgIpc) is 3.53. The van der Waals surface area contributed by atoms with Crippen LogP contribution < -0.4 is 4.74 Å². The number of carbonyl (C=O) groups excluding carboxylic acids is 1. The zero-order chi connectivity index (χ0) is 20.9. The van der Waals surface area contributed by atoms with Crippen molar-refractivity contribution >= 4 is 28.9 Å². The lowest BCUT2D eigenvalue weighted by molar-refractivity contribution is 0.102. The number of hydrogen-bond donors (Lipinski definition) is 0. The Labute approximate surface area is 182 Å². The molecule has 0 spiro atoms. The summed E-state index contributed by atoms with van der Waals surface area (Å²) in [6.07, 6.45) is 2.58. The summed E-state index contributed by atoms with van der Waals surface area (Å²) in [5, 5.41) is 9.43. The first-order chi connectivity index (χ1) is 14.7. The molecule has 0 aliphatic rings. The van der Waals surface area contributed by atoms with Gasteiger partial charge in [0.05, 0.1) is 30.5 Å². The van der Waals surface area contributed by atoms with Crippen LogP contribution in [0.15, 0.2) is 64.4 Å². The van der Waals surface area contributed by atoms with Gasteiger partial charge in [-0.3, -0.25) is 9.36 Å². The smallest absolute Gasteiger partial charge is 0.192 e. The first-order valence-corrected chi connectivity index (χ1v) is 11.3. The summed E-state index contributed by atoms with van der Waals surface area (Å²) in [5.41, 5.74) is 0.887. The van der Waals surface area contributed by atoms with E-state index in [2.05, 4.69) is 17.1 Å². The highest BCUT2D eigenvalue weighted by Crippen LogP contribution is 2.28. The van der Waals surface area contributed by atoms with E-state index in [9.17, 15) is 4.79 Å². The molecule has 0 aliphatic carbocycles. The Bertz CT molecular complexity index is 1130. The summed E-state index contributed by atoms with van der Waals surface area (Å²) in [7, 11) is 1.63. The van der Waals surface area contributed by atoms with E-state index >= 15 is 0 Å². The molecule has 6 nitrogen and oxygen atoms in total. The Morgan fingerprint density at radius 1 is 1.20 bits per heavy atom. The number of aromatic nitrogens is 3. The second kappa shape index (κ2) is 9.32. The van der Waals surface area contributed by atoms with Crippen LogP contribution in [0.4, 0.5) is 0 Å². The van der Waals surface area contributed by atoms with Gasteiger partial charge in [-0.15, -0.1) is 21.5 Å². The number of hydrogen-bond acceptors (Lipinski definition) is 7. The van der Waals surface area contributed by atoms with Crippen LogP contribution in [-0.2, 0) is 13.0 Å². The molecule has 1 aromatic carbocycles. The molecular formula is C22H21N3O3S2. The fraction of sp³-hybridized carbons (Fsp3) is 0.227. The predicted octanol–water partition coefficient (Wildman–Crippen LogP) is 5.19. The molecule has 0 N–H and O–H groups in total. The normalized spacial score (nSPS) is 11.0. The molecule has 0 amide bonds. The van der Waals surface area contributed by atoms with Crippen LogP contribution in [0.25, 0.3) is 11.4 Å². The van der Waals surface area contributed by atoms with Gasteiger partial charge in [-0.1, -0.05) is 30.8 Å². The van der Waals surface area contributed by atoms with E-state index in [0.717, 1.165) is 28.4 Å². The Hall–Kier alpha value is -2.84. The van der Waals surface area contributed by atoms with Crippen LogP contribution in [0, 0.1) is 0 Å². The van der Waals surface area contributed by atoms with Crippen molar-refractivity contribution in [1.82, 2.24) is 14.8 Å². The van der Waals surface area contributed by atoms with Gasteiger partial charge in [-0.05, 0) is 42.8 Å². The highest BCUT2D eigenvalue weighted by Gasteiger charge is 2.18. The number of nitrogens with zero attached hydrogens (tertiary/aromatic N) is 3. The van der Waals surface area contributed by atoms with Crippen molar-refractivity contribution in [3.8, 4) is 17.1 Å². The van der Waals surface area contributed by atoms with Crippen molar-refractivity contribution in [3.05, 3.63) is 70.3 Å². The van der Waals surface area contributed by atoms with Crippen LogP contribution in [0.1, 0.15) is 27.2 Å². The molecule has 3 heterocycles. The third kappa shape index (κ3) is 4.49. The van der Waals surface area contributed by atoms with Gasteiger partial charge in [0.15, 0.2) is 16.8 Å². The van der Waals surface area contributed by atoms with Gasteiger partial charge in [-0.25, -0.2) is 0 Å². The fourth-order valence-corrected chi connectivity index (χ4v) is 4.79. The maximum atomic E-state index is 12.6. The number of thioether (sulfide) groups is 1. The van der Waals surface area contributed by atoms with E-state index < -0.39 is 0 Å². The van der Waals surface area contributed by atoms with Crippen LogP contribution in [0.2, 0.25) is 0 Å². The zero-order valence-corrected chi connectivity index (χ0v) is 18.3. The standard InChI is InChI=1S/C22H21N3O3S2/c1-3-18-9-10-20(30-18)19(26)14-29-22-24-23-21(15-6-4-7-16(12-15)27-2)25(22)13-17-8-5-11-28-17/h4-12H,3,13-14H2,1-2H3. The number of carbonyl (C=O) groups is 1. The highest BCUT2D eigenvalue weighted by atomic mass is 32.2. The summed E-state index contributed by atoms with van der Waals surface area (Å²) >= 11 is 2.94. The largest absolute Gasteiger partial charge is 0.497 e. The van der Waals surface area contributed by atoms with Crippen LogP contribution in [0.5, 0.6) is 5.75 Å². The van der Waals surface area contributed by atoms with Gasteiger partial charge in [0.2, 0.25) is 0 Å². The van der Waals surface area contributed by atoms with E-state index in [4.69, 9.17) is 9.15 Å². The molecule has 4 rings (SSSR count). The third-order valence-corrected chi connectivity index (χ3v) is 6.79. The second-order valence-corrected chi connectivity index (χ2v) is 8.65. The van der Waals surface area contributed by atoms with E-state index in [0.29, 0.717) is 23.3 Å². The Morgan fingerprint density at radius 2 is 2.10 bits per heavy atom. The quantitative estimate of drug-likeness (QED) is 0.264. The molecule has 0 saturated heterocycles. The number of Topliss-reactive ketones (excluding diaryl/α,β-unsaturated/α-hetero) is 1. The molecule has 0 aliphatic heterocycles. The van der Waals surface area contributed by atoms with Crippen molar-refractivity contribution in [2.75, 3.05) is 12.9 Å². The summed E-state index contributed by atoms with van der Waals surface area (Å²) < 4.78 is 12.8. The molecular weight excluding hydrogens is 418 g/mol. The third-order valence-electron chi connectivity index (χ3n) is 4.56. The number of benzene rings is 1. The summed E-state index contributed by atoms with van der Waals surface area (Å²) in [6.45, 7) is 2.56. The van der Waals surface area contributed by atoms with Gasteiger partial charge in [-0.2, -0.15) is 0 Å². The van der Waals surface area contributed by atoms with Crippen molar-refractivity contribution in [2.45, 2.75) is 25.0 Å². The Kier molecular flexibility index (Phi) is 6.35. The number of ketones is 1. The first-order valence-electron chi connectivity index (χ1n) is 9.52. The topological polar surface area (TPSA) is 70.2 Å². The van der Waals surface area contributed by atoms with Crippen molar-refractivity contribution in [3.63, 3.8) is 0 Å². The predicted molar refractivity (Wildman–Crippen MR) is 119 cm³/mol. The number of ether oxygens (including phenoxy) is 1. The average molecular weight is 440 g/mol. The van der Waals surface area contributed by atoms with Gasteiger partial charge >= 0.3 is 0 Å². The molecule has 154 valence electrons. The first kappa shape index (κ1) is 20.4. The van der Waals surface area contributed by atoms with Crippen LogP contribution >= 0.6 is 23.1 Å². The molecule has 0 saturated carbocycles. The van der Waals surface area contributed by atoms with Gasteiger partial charge in [0, 0.05) is 10.4 Å². The number of thiophene rings is 1. The molecule has 3 aromatic heterocycles. The van der Waals surface area contributed by atoms with Crippen molar-refractivity contribution in [2.24, 2.45) is 0 Å². The molecule has 4 aromatic rings. The number of rotatable bonds is 9. The van der Waals surface area contributed by atoms with Crippen molar-refractivity contribution < 1.29 is 13.9 Å². The number of methoxy groups -OCH3 is 1. The summed E-state index contributed by atoms with van der Waals surface area (Å²) in [4.78, 5) is 14.6. The molecule has 8 heteroatoms. The summed E-state index contributed by atoms with van der Waals surface area (Å²) in [5.74, 6) is 2.63. The Morgan fingerprint density at radius 3 is 2.83 bits per heavy atom. The lowest BCUT2D eigenvalue weighted by Crippen LogP contribution is -2.06. The van der Waals surface area contributed by atoms with Gasteiger partial charge in [0.25, 0.3) is 0 Å². The van der Waals surface area contributed by atoms with Crippen molar-refractivity contribution in [1.29, 1.82) is 0 Å². The molecule has 0 unspecified atom stereocenters. The molecule has 0 bridgehead atoms. The zero-order valence-electron chi connectivity index (χ0n) is 16.7. The Balaban J connectivity index is 1.60. The maximum Gasteiger partial charge on any atom is 0.192 e. The maximum absolute atomic E-state index is 12.6. The second-order valence-electron chi connectivity index (χ2n) is 6.54. The SMILES string of the molecule is CCc1ccc(C(=O)CSc2nnc(-c3cccc(OC)c3)n2Cc2ccco2)s1. The lowest BCUT2D eigenvalue weighted by atomic mass is 10.2. The minimum Gasteiger partial charge on any atom is -0.497 e. The monoisotopic (exact) mass is 439 g/mol. The molecule has 0 atom stereocenters. The summed E-state index contributed by atoms with van der Waals surface area (Å²) in [6, 6.07) is 15.4. The number of furan rings is 1. The fourth-order valence-electron chi connectivity index (χ4n) is 2.99. The van der Waals surface area contributed by atoms with E-state index in [-0.39, 0.29) is 5.78 Å². The van der Waals surface area contributed by atoms with E-state index in [1.165, 1.54) is 16.6 Å². The van der Waals surface area contributed by atoms with E-state index in [1.807, 2.05) is 53.1 Å². The highest BCUT2D eigenvalue weighted by molar-refractivity contribution is 7.99. The molecule has 0 radical (unpaired) electrons. The number of aryl methyl sites for hydroxylation is 1. The lowest BCUT2D eigenvalue weighted by Gasteiger charge is -2.09. The molecule has 0 fully saturated rings. The minimum absolute atomic E-state index is 0.0974.